The van der Waals surface area contributed by atoms with Gasteiger partial charge in [0.05, 0.1) is 5.69 Å². The second-order valence-electron chi connectivity index (χ2n) is 3.91. The van der Waals surface area contributed by atoms with Gasteiger partial charge in [0.25, 0.3) is 5.22 Å². The molecular formula is C13H15ClN2OS. The Hall–Kier alpha value is -1.13. The maximum Gasteiger partial charge on any atom is 0.256 e. The zero-order valence-corrected chi connectivity index (χ0v) is 11.9. The molecule has 96 valence electrons. The van der Waals surface area contributed by atoms with Crippen LogP contribution in [-0.2, 0) is 0 Å². The first kappa shape index (κ1) is 13.3. The summed E-state index contributed by atoms with van der Waals surface area (Å²) in [6, 6.07) is 7.69. The zero-order chi connectivity index (χ0) is 13.0. The molecule has 0 atom stereocenters. The average Bonchev–Trinajstić information content (AvgIpc) is 2.65. The summed E-state index contributed by atoms with van der Waals surface area (Å²) in [6.07, 6.45) is 0. The molecule has 0 radical (unpaired) electrons. The first-order valence-electron chi connectivity index (χ1n) is 5.71. The summed E-state index contributed by atoms with van der Waals surface area (Å²) < 4.78 is 5.49. The van der Waals surface area contributed by atoms with Crippen LogP contribution in [0.3, 0.4) is 0 Å². The summed E-state index contributed by atoms with van der Waals surface area (Å²) in [6.45, 7) is 4.72. The average molecular weight is 283 g/mol. The van der Waals surface area contributed by atoms with Crippen molar-refractivity contribution in [3.63, 3.8) is 0 Å². The van der Waals surface area contributed by atoms with E-state index in [0.717, 1.165) is 39.7 Å². The van der Waals surface area contributed by atoms with Crippen LogP contribution in [-0.4, -0.2) is 17.3 Å². The second-order valence-corrected chi connectivity index (χ2v) is 5.39. The molecule has 0 bridgehead atoms. The molecule has 0 amide bonds. The number of oxazole rings is 1. The van der Waals surface area contributed by atoms with Gasteiger partial charge in [-0.2, -0.15) is 0 Å². The van der Waals surface area contributed by atoms with Crippen molar-refractivity contribution in [2.45, 2.75) is 19.1 Å². The van der Waals surface area contributed by atoms with Crippen molar-refractivity contribution in [2.24, 2.45) is 0 Å². The van der Waals surface area contributed by atoms with Gasteiger partial charge in [0.2, 0.25) is 0 Å². The molecule has 1 N–H and O–H groups in total. The highest BCUT2D eigenvalue weighted by Gasteiger charge is 2.05. The lowest BCUT2D eigenvalue weighted by atomic mass is 10.3. The molecule has 1 aromatic heterocycles. The Morgan fingerprint density at radius 2 is 2.22 bits per heavy atom. The lowest BCUT2D eigenvalue weighted by molar-refractivity contribution is 0.431. The van der Waals surface area contributed by atoms with Crippen molar-refractivity contribution in [1.82, 2.24) is 4.98 Å². The van der Waals surface area contributed by atoms with Gasteiger partial charge in [-0.1, -0.05) is 29.4 Å². The molecule has 2 aromatic rings. The normalized spacial score (nSPS) is 10.6. The van der Waals surface area contributed by atoms with Crippen molar-refractivity contribution in [1.29, 1.82) is 0 Å². The maximum atomic E-state index is 5.90. The van der Waals surface area contributed by atoms with E-state index in [2.05, 4.69) is 10.3 Å². The molecular weight excluding hydrogens is 268 g/mol. The molecule has 0 unspecified atom stereocenters. The minimum atomic E-state index is 0.734. The Morgan fingerprint density at radius 1 is 1.39 bits per heavy atom. The fourth-order valence-electron chi connectivity index (χ4n) is 1.44. The highest BCUT2D eigenvalue weighted by molar-refractivity contribution is 7.99. The Bertz CT molecular complexity index is 508. The molecule has 1 heterocycles. The predicted molar refractivity (Wildman–Crippen MR) is 76.6 cm³/mol. The molecule has 1 aromatic carbocycles. The molecule has 0 saturated heterocycles. The van der Waals surface area contributed by atoms with E-state index in [1.54, 1.807) is 11.8 Å². The highest BCUT2D eigenvalue weighted by Crippen LogP contribution is 2.20. The quantitative estimate of drug-likeness (QED) is 0.660. The van der Waals surface area contributed by atoms with Gasteiger partial charge < -0.3 is 9.73 Å². The van der Waals surface area contributed by atoms with Crippen molar-refractivity contribution in [2.75, 3.05) is 17.6 Å². The van der Waals surface area contributed by atoms with Crippen LogP contribution in [0.5, 0.6) is 0 Å². The number of benzene rings is 1. The number of hydrogen-bond acceptors (Lipinski definition) is 4. The summed E-state index contributed by atoms with van der Waals surface area (Å²) in [5.41, 5.74) is 1.99. The van der Waals surface area contributed by atoms with Crippen molar-refractivity contribution < 1.29 is 4.42 Å². The van der Waals surface area contributed by atoms with E-state index >= 15 is 0 Å². The van der Waals surface area contributed by atoms with Gasteiger partial charge >= 0.3 is 0 Å². The SMILES string of the molecule is Cc1nc(SCCNc2cccc(Cl)c2)oc1C. The maximum absolute atomic E-state index is 5.90. The number of rotatable bonds is 5. The summed E-state index contributed by atoms with van der Waals surface area (Å²) in [7, 11) is 0. The summed E-state index contributed by atoms with van der Waals surface area (Å²) in [5, 5.41) is 4.78. The fourth-order valence-corrected chi connectivity index (χ4v) is 2.39. The number of hydrogen-bond donors (Lipinski definition) is 1. The molecule has 0 aliphatic carbocycles. The molecule has 0 spiro atoms. The zero-order valence-electron chi connectivity index (χ0n) is 10.4. The minimum absolute atomic E-state index is 0.734. The number of thioether (sulfide) groups is 1. The van der Waals surface area contributed by atoms with E-state index in [0.29, 0.717) is 0 Å². The molecule has 0 aliphatic rings. The van der Waals surface area contributed by atoms with Gasteiger partial charge in [-0.15, -0.1) is 0 Å². The monoisotopic (exact) mass is 282 g/mol. The molecule has 3 nitrogen and oxygen atoms in total. The first-order valence-corrected chi connectivity index (χ1v) is 7.08. The van der Waals surface area contributed by atoms with E-state index < -0.39 is 0 Å². The lowest BCUT2D eigenvalue weighted by Crippen LogP contribution is -2.03. The number of anilines is 1. The van der Waals surface area contributed by atoms with Crippen LogP contribution < -0.4 is 5.32 Å². The second kappa shape index (κ2) is 6.16. The third-order valence-electron chi connectivity index (χ3n) is 2.49. The van der Waals surface area contributed by atoms with Gasteiger partial charge in [-0.05, 0) is 32.0 Å². The van der Waals surface area contributed by atoms with Crippen molar-refractivity contribution >= 4 is 29.1 Å². The summed E-state index contributed by atoms with van der Waals surface area (Å²) in [5.74, 6) is 1.78. The van der Waals surface area contributed by atoms with E-state index in [-0.39, 0.29) is 0 Å². The molecule has 0 aliphatic heterocycles. The van der Waals surface area contributed by atoms with Crippen LogP contribution in [0.2, 0.25) is 5.02 Å². The summed E-state index contributed by atoms with van der Waals surface area (Å²) >= 11 is 7.51. The number of halogens is 1. The molecule has 0 saturated carbocycles. The Balaban J connectivity index is 1.76. The molecule has 2 rings (SSSR count). The molecule has 18 heavy (non-hydrogen) atoms. The smallest absolute Gasteiger partial charge is 0.256 e. The van der Waals surface area contributed by atoms with Gasteiger partial charge in [-0.3, -0.25) is 0 Å². The Kier molecular flexibility index (Phi) is 4.55. The standard InChI is InChI=1S/C13H15ClN2OS/c1-9-10(2)17-13(16-9)18-7-6-15-12-5-3-4-11(14)8-12/h3-5,8,15H,6-7H2,1-2H3. The molecule has 0 fully saturated rings. The van der Waals surface area contributed by atoms with Crippen LogP contribution in [0.25, 0.3) is 0 Å². The van der Waals surface area contributed by atoms with Gasteiger partial charge in [0.1, 0.15) is 5.76 Å². The fraction of sp³-hybridized carbons (Fsp3) is 0.308. The van der Waals surface area contributed by atoms with Crippen LogP contribution in [0.4, 0.5) is 5.69 Å². The van der Waals surface area contributed by atoms with E-state index in [1.807, 2.05) is 38.1 Å². The van der Waals surface area contributed by atoms with Gasteiger partial charge in [-0.25, -0.2) is 4.98 Å². The number of nitrogens with one attached hydrogen (secondary N) is 1. The predicted octanol–water partition coefficient (Wildman–Crippen LogP) is 4.15. The number of aryl methyl sites for hydroxylation is 2. The topological polar surface area (TPSA) is 38.1 Å². The third-order valence-corrected chi connectivity index (χ3v) is 3.56. The van der Waals surface area contributed by atoms with Crippen molar-refractivity contribution in [3.05, 3.63) is 40.7 Å². The van der Waals surface area contributed by atoms with Crippen LogP contribution in [0, 0.1) is 13.8 Å². The third kappa shape index (κ3) is 3.68. The minimum Gasteiger partial charge on any atom is -0.437 e. The van der Waals surface area contributed by atoms with Gasteiger partial charge in [0.15, 0.2) is 0 Å². The molecule has 5 heteroatoms. The highest BCUT2D eigenvalue weighted by atomic mass is 35.5. The van der Waals surface area contributed by atoms with Crippen LogP contribution in [0.1, 0.15) is 11.5 Å². The number of aromatic nitrogens is 1. The van der Waals surface area contributed by atoms with E-state index in [1.165, 1.54) is 0 Å². The summed E-state index contributed by atoms with van der Waals surface area (Å²) in [4.78, 5) is 4.32. The number of nitrogens with zero attached hydrogens (tertiary/aromatic N) is 1. The van der Waals surface area contributed by atoms with E-state index in [9.17, 15) is 0 Å². The Morgan fingerprint density at radius 3 is 2.89 bits per heavy atom. The van der Waals surface area contributed by atoms with Crippen LogP contribution >= 0.6 is 23.4 Å². The lowest BCUT2D eigenvalue weighted by Gasteiger charge is -2.05. The van der Waals surface area contributed by atoms with Crippen molar-refractivity contribution in [3.8, 4) is 0 Å². The van der Waals surface area contributed by atoms with Crippen LogP contribution in [0.15, 0.2) is 33.9 Å². The Labute approximate surface area is 116 Å². The first-order chi connectivity index (χ1) is 8.65. The van der Waals surface area contributed by atoms with Gasteiger partial charge in [0, 0.05) is 23.0 Å². The van der Waals surface area contributed by atoms with E-state index in [4.69, 9.17) is 16.0 Å². The largest absolute Gasteiger partial charge is 0.437 e.